The van der Waals surface area contributed by atoms with Crippen molar-refractivity contribution in [2.24, 2.45) is 5.92 Å². The van der Waals surface area contributed by atoms with Crippen molar-refractivity contribution < 1.29 is 24.2 Å². The van der Waals surface area contributed by atoms with E-state index in [0.29, 0.717) is 24.5 Å². The summed E-state index contributed by atoms with van der Waals surface area (Å²) >= 11 is 0. The number of piperidine rings is 1. The maximum absolute atomic E-state index is 13.0. The Morgan fingerprint density at radius 1 is 1.27 bits per heavy atom. The van der Waals surface area contributed by atoms with E-state index >= 15 is 0 Å². The average Bonchev–Trinajstić information content (AvgIpc) is 3.35. The molecule has 30 heavy (non-hydrogen) atoms. The van der Waals surface area contributed by atoms with Crippen LogP contribution in [0.1, 0.15) is 56.1 Å². The number of hydrogen-bond acceptors (Lipinski definition) is 4. The van der Waals surface area contributed by atoms with Gasteiger partial charge in [0.05, 0.1) is 25.0 Å². The molecule has 1 aromatic carbocycles. The lowest BCUT2D eigenvalue weighted by Gasteiger charge is -2.65. The first-order chi connectivity index (χ1) is 14.5. The van der Waals surface area contributed by atoms with Crippen LogP contribution in [0.25, 0.3) is 0 Å². The summed E-state index contributed by atoms with van der Waals surface area (Å²) in [7, 11) is 0. The molecule has 1 saturated heterocycles. The van der Waals surface area contributed by atoms with Gasteiger partial charge in [0.25, 0.3) is 0 Å². The Balaban J connectivity index is 1.55. The summed E-state index contributed by atoms with van der Waals surface area (Å²) in [5, 5.41) is 23.0. The second kappa shape index (κ2) is 6.10. The Labute approximate surface area is 177 Å². The molecule has 0 radical (unpaired) electrons. The SMILES string of the molecule is C=CC[N+]1(CC2CCCC2)CC[C@]23c4c5ccc(O)c4O[C@H]2C(=O)CC[C@@]3(O)[C@H]1C5. The molecule has 5 nitrogen and oxygen atoms in total. The fraction of sp³-hybridized carbons (Fsp3) is 0.640. The van der Waals surface area contributed by atoms with Gasteiger partial charge in [0.15, 0.2) is 23.4 Å². The number of Topliss-reactive ketones (excluding diaryl/α,β-unsaturated/α-hetero) is 1. The molecule has 6 rings (SSSR count). The van der Waals surface area contributed by atoms with Gasteiger partial charge in [-0.05, 0) is 37.0 Å². The first-order valence-corrected chi connectivity index (χ1v) is 11.7. The average molecular weight is 411 g/mol. The van der Waals surface area contributed by atoms with Crippen LogP contribution in [0.4, 0.5) is 0 Å². The van der Waals surface area contributed by atoms with E-state index in [1.165, 1.54) is 25.7 Å². The van der Waals surface area contributed by atoms with Crippen LogP contribution in [0.15, 0.2) is 24.8 Å². The van der Waals surface area contributed by atoms with Crippen LogP contribution in [0.3, 0.4) is 0 Å². The maximum Gasteiger partial charge on any atom is 0.174 e. The van der Waals surface area contributed by atoms with Gasteiger partial charge in [-0.25, -0.2) is 0 Å². The summed E-state index contributed by atoms with van der Waals surface area (Å²) in [6, 6.07) is 3.73. The molecule has 1 spiro atoms. The smallest absolute Gasteiger partial charge is 0.174 e. The largest absolute Gasteiger partial charge is 0.504 e. The summed E-state index contributed by atoms with van der Waals surface area (Å²) in [4.78, 5) is 13.0. The highest BCUT2D eigenvalue weighted by atomic mass is 16.5. The number of benzene rings is 1. The van der Waals surface area contributed by atoms with Crippen molar-refractivity contribution in [2.75, 3.05) is 19.6 Å². The summed E-state index contributed by atoms with van der Waals surface area (Å²) in [5.41, 5.74) is 0.369. The van der Waals surface area contributed by atoms with Crippen molar-refractivity contribution in [1.29, 1.82) is 0 Å². The number of likely N-dealkylation sites (tertiary alicyclic amines) is 1. The van der Waals surface area contributed by atoms with Crippen molar-refractivity contribution in [3.8, 4) is 11.5 Å². The summed E-state index contributed by atoms with van der Waals surface area (Å²) < 4.78 is 7.04. The molecular weight excluding hydrogens is 378 g/mol. The van der Waals surface area contributed by atoms with Crippen molar-refractivity contribution in [3.05, 3.63) is 35.9 Å². The van der Waals surface area contributed by atoms with E-state index in [-0.39, 0.29) is 17.6 Å². The van der Waals surface area contributed by atoms with Gasteiger partial charge in [0, 0.05) is 30.7 Å². The predicted octanol–water partition coefficient (Wildman–Crippen LogP) is 3.01. The second-order valence-electron chi connectivity index (χ2n) is 10.5. The highest BCUT2D eigenvalue weighted by Gasteiger charge is 2.76. The van der Waals surface area contributed by atoms with Crippen LogP contribution >= 0.6 is 0 Å². The Bertz CT molecular complexity index is 937. The Morgan fingerprint density at radius 3 is 2.83 bits per heavy atom. The Morgan fingerprint density at radius 2 is 2.07 bits per heavy atom. The van der Waals surface area contributed by atoms with Crippen LogP contribution in [-0.4, -0.2) is 57.9 Å². The lowest BCUT2D eigenvalue weighted by atomic mass is 9.48. The number of carbonyl (C=O) groups excluding carboxylic acids is 1. The highest BCUT2D eigenvalue weighted by Crippen LogP contribution is 2.66. The topological polar surface area (TPSA) is 66.8 Å². The molecule has 3 fully saturated rings. The minimum atomic E-state index is -0.989. The maximum atomic E-state index is 13.0. The molecule has 5 atom stereocenters. The first kappa shape index (κ1) is 18.9. The van der Waals surface area contributed by atoms with Gasteiger partial charge in [0.2, 0.25) is 0 Å². The minimum absolute atomic E-state index is 0.0343. The van der Waals surface area contributed by atoms with Gasteiger partial charge < -0.3 is 19.4 Å². The third-order valence-electron chi connectivity index (χ3n) is 9.34. The van der Waals surface area contributed by atoms with E-state index in [1.807, 2.05) is 12.1 Å². The van der Waals surface area contributed by atoms with E-state index in [1.54, 1.807) is 6.07 Å². The second-order valence-corrected chi connectivity index (χ2v) is 10.5. The molecule has 5 aliphatic rings. The molecule has 2 bridgehead atoms. The van der Waals surface area contributed by atoms with E-state index in [2.05, 4.69) is 6.58 Å². The van der Waals surface area contributed by atoms with Crippen molar-refractivity contribution >= 4 is 5.78 Å². The summed E-state index contributed by atoms with van der Waals surface area (Å²) in [6.07, 6.45) is 8.89. The highest BCUT2D eigenvalue weighted by molar-refractivity contribution is 5.90. The first-order valence-electron chi connectivity index (χ1n) is 11.7. The number of nitrogens with zero attached hydrogens (tertiary/aromatic N) is 1. The lowest BCUT2D eigenvalue weighted by Crippen LogP contribution is -2.81. The van der Waals surface area contributed by atoms with Gasteiger partial charge in [-0.1, -0.05) is 25.5 Å². The zero-order valence-corrected chi connectivity index (χ0v) is 17.6. The number of ether oxygens (including phenoxy) is 1. The van der Waals surface area contributed by atoms with E-state index in [4.69, 9.17) is 4.74 Å². The molecular formula is C25H32NO4+. The molecule has 1 unspecified atom stereocenters. The van der Waals surface area contributed by atoms with Crippen LogP contribution in [0.5, 0.6) is 11.5 Å². The predicted molar refractivity (Wildman–Crippen MR) is 113 cm³/mol. The zero-order chi connectivity index (χ0) is 20.7. The van der Waals surface area contributed by atoms with Crippen LogP contribution in [0, 0.1) is 5.92 Å². The molecule has 0 amide bonds. The number of phenolic OH excluding ortho intramolecular Hbond substituents is 1. The number of phenols is 1. The lowest BCUT2D eigenvalue weighted by molar-refractivity contribution is -0.964. The molecule has 2 heterocycles. The molecule has 0 aromatic heterocycles. The number of rotatable bonds is 4. The normalized spacial score (nSPS) is 41.4. The van der Waals surface area contributed by atoms with E-state index < -0.39 is 17.1 Å². The van der Waals surface area contributed by atoms with E-state index in [9.17, 15) is 15.0 Å². The summed E-state index contributed by atoms with van der Waals surface area (Å²) in [5.74, 6) is 1.32. The minimum Gasteiger partial charge on any atom is -0.504 e. The monoisotopic (exact) mass is 410 g/mol. The van der Waals surface area contributed by atoms with Gasteiger partial charge in [-0.15, -0.1) is 0 Å². The molecule has 5 heteroatoms. The fourth-order valence-corrected chi connectivity index (χ4v) is 8.18. The number of quaternary nitrogens is 1. The fourth-order valence-electron chi connectivity index (χ4n) is 8.18. The quantitative estimate of drug-likeness (QED) is 0.592. The van der Waals surface area contributed by atoms with Crippen molar-refractivity contribution in [1.82, 2.24) is 0 Å². The number of ketones is 1. The summed E-state index contributed by atoms with van der Waals surface area (Å²) in [6.45, 7) is 6.97. The molecule has 160 valence electrons. The van der Waals surface area contributed by atoms with Gasteiger partial charge in [-0.3, -0.25) is 4.79 Å². The van der Waals surface area contributed by atoms with Crippen molar-refractivity contribution in [3.63, 3.8) is 0 Å². The van der Waals surface area contributed by atoms with Gasteiger partial charge >= 0.3 is 0 Å². The van der Waals surface area contributed by atoms with Crippen molar-refractivity contribution in [2.45, 2.75) is 74.5 Å². The number of carbonyl (C=O) groups is 1. The third kappa shape index (κ3) is 2.08. The number of hydrogen-bond donors (Lipinski definition) is 2. The van der Waals surface area contributed by atoms with Crippen LogP contribution < -0.4 is 4.74 Å². The molecule has 2 aliphatic heterocycles. The number of aromatic hydroxyl groups is 1. The molecule has 2 N–H and O–H groups in total. The molecule has 1 aromatic rings. The Hall–Kier alpha value is -1.85. The number of aliphatic hydroxyl groups is 1. The molecule has 2 saturated carbocycles. The van der Waals surface area contributed by atoms with E-state index in [0.717, 1.165) is 48.1 Å². The third-order valence-corrected chi connectivity index (χ3v) is 9.34. The Kier molecular flexibility index (Phi) is 3.84. The van der Waals surface area contributed by atoms with Gasteiger partial charge in [-0.2, -0.15) is 0 Å². The van der Waals surface area contributed by atoms with Crippen LogP contribution in [0.2, 0.25) is 0 Å². The van der Waals surface area contributed by atoms with Crippen LogP contribution in [-0.2, 0) is 16.6 Å². The molecule has 3 aliphatic carbocycles. The van der Waals surface area contributed by atoms with Gasteiger partial charge in [0.1, 0.15) is 11.6 Å². The zero-order valence-electron chi connectivity index (χ0n) is 17.6. The standard InChI is InChI=1S/C25H31NO4/c1-2-12-26(15-16-5-3-4-6-16)13-11-24-21-17-7-8-18(27)22(21)30-23(24)19(28)9-10-25(24,29)20(26)14-17/h2,7-8,16,20,23,29H,1,3-6,9-15H2/p+1/t20-,23+,24+,25-,26?/m1/s1.